The lowest BCUT2D eigenvalue weighted by molar-refractivity contribution is -0.124. The SMILES string of the molecule is CCCCCCC(=O)C1CCC(CN)CC1. The third-order valence-corrected chi connectivity index (χ3v) is 3.91. The average Bonchev–Trinajstić information content (AvgIpc) is 2.34. The minimum atomic E-state index is 0.365. The first-order chi connectivity index (χ1) is 7.77. The summed E-state index contributed by atoms with van der Waals surface area (Å²) < 4.78 is 0. The lowest BCUT2D eigenvalue weighted by atomic mass is 9.79. The van der Waals surface area contributed by atoms with E-state index in [1.165, 1.54) is 32.1 Å². The Labute approximate surface area is 100.0 Å². The first-order valence-corrected chi connectivity index (χ1v) is 7.00. The highest BCUT2D eigenvalue weighted by molar-refractivity contribution is 5.81. The van der Waals surface area contributed by atoms with Gasteiger partial charge in [0.15, 0.2) is 0 Å². The molecule has 0 saturated heterocycles. The smallest absolute Gasteiger partial charge is 0.135 e. The first kappa shape index (κ1) is 13.7. The molecule has 94 valence electrons. The van der Waals surface area contributed by atoms with Crippen LogP contribution in [0.1, 0.15) is 64.7 Å². The van der Waals surface area contributed by atoms with Crippen LogP contribution in [0.3, 0.4) is 0 Å². The molecule has 1 rings (SSSR count). The van der Waals surface area contributed by atoms with Gasteiger partial charge in [-0.1, -0.05) is 26.2 Å². The summed E-state index contributed by atoms with van der Waals surface area (Å²) in [6.07, 6.45) is 10.2. The molecule has 1 aliphatic carbocycles. The molecule has 1 saturated carbocycles. The summed E-state index contributed by atoms with van der Waals surface area (Å²) in [4.78, 5) is 11.9. The van der Waals surface area contributed by atoms with Crippen LogP contribution in [-0.2, 0) is 4.79 Å². The molecule has 16 heavy (non-hydrogen) atoms. The molecule has 2 heteroatoms. The fourth-order valence-electron chi connectivity index (χ4n) is 2.65. The molecule has 0 aromatic rings. The van der Waals surface area contributed by atoms with Gasteiger partial charge in [0.05, 0.1) is 0 Å². The second kappa shape index (κ2) is 7.83. The van der Waals surface area contributed by atoms with Crippen LogP contribution < -0.4 is 5.73 Å². The minimum absolute atomic E-state index is 0.365. The normalized spacial score (nSPS) is 25.6. The van der Waals surface area contributed by atoms with E-state index >= 15 is 0 Å². The number of hydrogen-bond donors (Lipinski definition) is 1. The molecular weight excluding hydrogens is 198 g/mol. The number of unbranched alkanes of at least 4 members (excludes halogenated alkanes) is 3. The van der Waals surface area contributed by atoms with Gasteiger partial charge in [-0.25, -0.2) is 0 Å². The van der Waals surface area contributed by atoms with Gasteiger partial charge in [-0.15, -0.1) is 0 Å². The quantitative estimate of drug-likeness (QED) is 0.676. The largest absolute Gasteiger partial charge is 0.330 e. The van der Waals surface area contributed by atoms with E-state index in [4.69, 9.17) is 5.73 Å². The maximum absolute atomic E-state index is 11.9. The molecule has 0 unspecified atom stereocenters. The van der Waals surface area contributed by atoms with Crippen LogP contribution in [0.5, 0.6) is 0 Å². The fourth-order valence-corrected chi connectivity index (χ4v) is 2.65. The van der Waals surface area contributed by atoms with Crippen LogP contribution in [0.15, 0.2) is 0 Å². The van der Waals surface area contributed by atoms with E-state index in [1.807, 2.05) is 0 Å². The number of rotatable bonds is 7. The maximum atomic E-state index is 11.9. The Bertz CT molecular complexity index is 195. The van der Waals surface area contributed by atoms with Crippen molar-refractivity contribution < 1.29 is 4.79 Å². The molecule has 0 amide bonds. The number of ketones is 1. The Kier molecular flexibility index (Phi) is 6.70. The Balaban J connectivity index is 2.13. The topological polar surface area (TPSA) is 43.1 Å². The zero-order valence-corrected chi connectivity index (χ0v) is 10.7. The summed E-state index contributed by atoms with van der Waals surface area (Å²) in [5.74, 6) is 1.57. The molecule has 0 bridgehead atoms. The zero-order chi connectivity index (χ0) is 11.8. The fraction of sp³-hybridized carbons (Fsp3) is 0.929. The van der Waals surface area contributed by atoms with E-state index in [2.05, 4.69) is 6.92 Å². The van der Waals surface area contributed by atoms with E-state index in [0.29, 0.717) is 17.6 Å². The van der Waals surface area contributed by atoms with Gasteiger partial charge in [0.25, 0.3) is 0 Å². The van der Waals surface area contributed by atoms with Gasteiger partial charge in [0.2, 0.25) is 0 Å². The van der Waals surface area contributed by atoms with Gasteiger partial charge >= 0.3 is 0 Å². The second-order valence-electron chi connectivity index (χ2n) is 5.23. The van der Waals surface area contributed by atoms with Gasteiger partial charge in [-0.05, 0) is 44.6 Å². The summed E-state index contributed by atoms with van der Waals surface area (Å²) >= 11 is 0. The first-order valence-electron chi connectivity index (χ1n) is 7.00. The Morgan fingerprint density at radius 2 is 1.81 bits per heavy atom. The van der Waals surface area contributed by atoms with Crippen LogP contribution in [-0.4, -0.2) is 12.3 Å². The van der Waals surface area contributed by atoms with Crippen LogP contribution >= 0.6 is 0 Å². The number of hydrogen-bond acceptors (Lipinski definition) is 2. The molecule has 1 fully saturated rings. The molecule has 0 aromatic heterocycles. The highest BCUT2D eigenvalue weighted by Gasteiger charge is 2.24. The van der Waals surface area contributed by atoms with Crippen molar-refractivity contribution in [1.29, 1.82) is 0 Å². The molecule has 0 atom stereocenters. The maximum Gasteiger partial charge on any atom is 0.135 e. The van der Waals surface area contributed by atoms with Crippen LogP contribution in [0, 0.1) is 11.8 Å². The molecule has 0 aromatic carbocycles. The Hall–Kier alpha value is -0.370. The van der Waals surface area contributed by atoms with Crippen LogP contribution in [0.2, 0.25) is 0 Å². The predicted molar refractivity (Wildman–Crippen MR) is 68.3 cm³/mol. The third-order valence-electron chi connectivity index (χ3n) is 3.91. The van der Waals surface area contributed by atoms with Gasteiger partial charge < -0.3 is 5.73 Å². The molecular formula is C14H27NO. The van der Waals surface area contributed by atoms with Crippen molar-refractivity contribution in [3.63, 3.8) is 0 Å². The van der Waals surface area contributed by atoms with Crippen LogP contribution in [0.25, 0.3) is 0 Å². The van der Waals surface area contributed by atoms with Crippen molar-refractivity contribution >= 4 is 5.78 Å². The van der Waals surface area contributed by atoms with Crippen molar-refractivity contribution in [1.82, 2.24) is 0 Å². The van der Waals surface area contributed by atoms with E-state index in [-0.39, 0.29) is 0 Å². The Morgan fingerprint density at radius 1 is 1.12 bits per heavy atom. The van der Waals surface area contributed by atoms with Gasteiger partial charge in [-0.3, -0.25) is 4.79 Å². The summed E-state index contributed by atoms with van der Waals surface area (Å²) in [5, 5.41) is 0. The van der Waals surface area contributed by atoms with E-state index in [0.717, 1.165) is 32.2 Å². The Morgan fingerprint density at radius 3 is 2.38 bits per heavy atom. The van der Waals surface area contributed by atoms with Crippen LogP contribution in [0.4, 0.5) is 0 Å². The average molecular weight is 225 g/mol. The number of carbonyl (C=O) groups excluding carboxylic acids is 1. The summed E-state index contributed by atoms with van der Waals surface area (Å²) in [6.45, 7) is 3.01. The minimum Gasteiger partial charge on any atom is -0.330 e. The highest BCUT2D eigenvalue weighted by atomic mass is 16.1. The van der Waals surface area contributed by atoms with Gasteiger partial charge in [0.1, 0.15) is 5.78 Å². The van der Waals surface area contributed by atoms with Crippen molar-refractivity contribution in [2.75, 3.05) is 6.54 Å². The second-order valence-corrected chi connectivity index (χ2v) is 5.23. The molecule has 0 heterocycles. The molecule has 0 spiro atoms. The number of nitrogens with two attached hydrogens (primary N) is 1. The third kappa shape index (κ3) is 4.65. The lowest BCUT2D eigenvalue weighted by Crippen LogP contribution is -2.25. The van der Waals surface area contributed by atoms with Gasteiger partial charge in [-0.2, -0.15) is 0 Å². The van der Waals surface area contributed by atoms with E-state index < -0.39 is 0 Å². The predicted octanol–water partition coefficient (Wildman–Crippen LogP) is 3.29. The number of carbonyl (C=O) groups is 1. The standard InChI is InChI=1S/C14H27NO/c1-2-3-4-5-6-14(16)13-9-7-12(11-15)8-10-13/h12-13H,2-11,15H2,1H3. The van der Waals surface area contributed by atoms with Gasteiger partial charge in [0, 0.05) is 12.3 Å². The molecule has 0 aliphatic heterocycles. The highest BCUT2D eigenvalue weighted by Crippen LogP contribution is 2.29. The van der Waals surface area contributed by atoms with Crippen molar-refractivity contribution in [2.24, 2.45) is 17.6 Å². The zero-order valence-electron chi connectivity index (χ0n) is 10.7. The summed E-state index contributed by atoms with van der Waals surface area (Å²) in [5.41, 5.74) is 5.65. The molecule has 0 radical (unpaired) electrons. The van der Waals surface area contributed by atoms with Crippen molar-refractivity contribution in [3.05, 3.63) is 0 Å². The van der Waals surface area contributed by atoms with E-state index in [9.17, 15) is 4.79 Å². The number of Topliss-reactive ketones (excluding diaryl/α,β-unsaturated/α-hetero) is 1. The monoisotopic (exact) mass is 225 g/mol. The van der Waals surface area contributed by atoms with E-state index in [1.54, 1.807) is 0 Å². The van der Waals surface area contributed by atoms with Crippen molar-refractivity contribution in [3.8, 4) is 0 Å². The van der Waals surface area contributed by atoms with Crippen molar-refractivity contribution in [2.45, 2.75) is 64.7 Å². The summed E-state index contributed by atoms with van der Waals surface area (Å²) in [6, 6.07) is 0. The molecule has 2 nitrogen and oxygen atoms in total. The molecule has 2 N–H and O–H groups in total. The molecule has 1 aliphatic rings. The summed E-state index contributed by atoms with van der Waals surface area (Å²) in [7, 11) is 0. The lowest BCUT2D eigenvalue weighted by Gasteiger charge is -2.26.